The van der Waals surface area contributed by atoms with Gasteiger partial charge in [-0.1, -0.05) is 51.1 Å². The Labute approximate surface area is 131 Å². The Morgan fingerprint density at radius 1 is 1.23 bits per heavy atom. The zero-order valence-corrected chi connectivity index (χ0v) is 13.6. The van der Waals surface area contributed by atoms with Gasteiger partial charge in [-0.2, -0.15) is 0 Å². The summed E-state index contributed by atoms with van der Waals surface area (Å²) in [6, 6.07) is 8.82. The molecule has 1 aromatic rings. The molecule has 5 nitrogen and oxygen atoms in total. The zero-order chi connectivity index (χ0) is 16.8. The van der Waals surface area contributed by atoms with Crippen LogP contribution < -0.4 is 5.32 Å². The first-order chi connectivity index (χ1) is 10.3. The largest absolute Gasteiger partial charge is 0.467 e. The molecule has 2 atom stereocenters. The minimum atomic E-state index is -1.16. The lowest BCUT2D eigenvalue weighted by molar-refractivity contribution is -0.149. The molecule has 22 heavy (non-hydrogen) atoms. The van der Waals surface area contributed by atoms with Gasteiger partial charge in [-0.25, -0.2) is 4.79 Å². The Morgan fingerprint density at radius 2 is 1.82 bits per heavy atom. The minimum absolute atomic E-state index is 0.299. The first-order valence-electron chi connectivity index (χ1n) is 7.36. The van der Waals surface area contributed by atoms with E-state index in [1.807, 2.05) is 51.1 Å². The molecule has 0 fully saturated rings. The van der Waals surface area contributed by atoms with Gasteiger partial charge in [0.05, 0.1) is 7.11 Å². The molecule has 0 radical (unpaired) electrons. The summed E-state index contributed by atoms with van der Waals surface area (Å²) in [5.74, 6) is -1.07. The van der Waals surface area contributed by atoms with Crippen molar-refractivity contribution >= 4 is 11.9 Å². The van der Waals surface area contributed by atoms with Crippen LogP contribution in [0.4, 0.5) is 0 Å². The fourth-order valence-corrected chi connectivity index (χ4v) is 2.06. The molecule has 5 heteroatoms. The van der Waals surface area contributed by atoms with Crippen molar-refractivity contribution in [3.8, 4) is 0 Å². The van der Waals surface area contributed by atoms with Crippen LogP contribution in [0.1, 0.15) is 32.8 Å². The van der Waals surface area contributed by atoms with Crippen LogP contribution in [-0.4, -0.2) is 36.2 Å². The molecular formula is C17H25NO4. The van der Waals surface area contributed by atoms with Gasteiger partial charge in [0.1, 0.15) is 12.1 Å². The van der Waals surface area contributed by atoms with Crippen molar-refractivity contribution in [3.05, 3.63) is 35.9 Å². The summed E-state index contributed by atoms with van der Waals surface area (Å²) in [4.78, 5) is 23.9. The van der Waals surface area contributed by atoms with Gasteiger partial charge in [-0.05, 0) is 23.8 Å². The van der Waals surface area contributed by atoms with Crippen LogP contribution in [0.25, 0.3) is 0 Å². The molecule has 0 heterocycles. The van der Waals surface area contributed by atoms with Gasteiger partial charge in [0.15, 0.2) is 0 Å². The monoisotopic (exact) mass is 307 g/mol. The molecule has 0 saturated carbocycles. The van der Waals surface area contributed by atoms with E-state index in [9.17, 15) is 14.7 Å². The van der Waals surface area contributed by atoms with E-state index in [1.165, 1.54) is 7.11 Å². The average Bonchev–Trinajstić information content (AvgIpc) is 2.49. The van der Waals surface area contributed by atoms with Gasteiger partial charge in [0.25, 0.3) is 0 Å². The van der Waals surface area contributed by atoms with E-state index in [4.69, 9.17) is 4.74 Å². The normalized spacial score (nSPS) is 14.0. The number of rotatable bonds is 6. The first-order valence-corrected chi connectivity index (χ1v) is 7.36. The summed E-state index contributed by atoms with van der Waals surface area (Å²) >= 11 is 0. The minimum Gasteiger partial charge on any atom is -0.467 e. The Bertz CT molecular complexity index is 493. The van der Waals surface area contributed by atoms with Crippen LogP contribution in [0.15, 0.2) is 30.3 Å². The van der Waals surface area contributed by atoms with E-state index in [2.05, 4.69) is 5.32 Å². The standard InChI is InChI=1S/C17H25NO4/c1-17(2,3)14(16(21)22-4)18-15(20)13(19)11-10-12-8-6-5-7-9-12/h5-9,13-14,19H,10-11H2,1-4H3,(H,18,20)/t13?,14-/m1/s1. The highest BCUT2D eigenvalue weighted by atomic mass is 16.5. The number of ether oxygens (including phenoxy) is 1. The molecule has 0 aliphatic heterocycles. The fourth-order valence-electron chi connectivity index (χ4n) is 2.06. The van der Waals surface area contributed by atoms with Crippen LogP contribution in [0.2, 0.25) is 0 Å². The van der Waals surface area contributed by atoms with Crippen molar-refractivity contribution in [1.29, 1.82) is 0 Å². The molecule has 0 saturated heterocycles. The SMILES string of the molecule is COC(=O)[C@@H](NC(=O)C(O)CCc1ccccc1)C(C)(C)C. The number of amides is 1. The maximum absolute atomic E-state index is 12.1. The first kappa shape index (κ1) is 18.2. The molecule has 122 valence electrons. The van der Waals surface area contributed by atoms with Gasteiger partial charge in [-0.3, -0.25) is 4.79 Å². The predicted octanol–water partition coefficient (Wildman–Crippen LogP) is 1.68. The van der Waals surface area contributed by atoms with Crippen molar-refractivity contribution in [1.82, 2.24) is 5.32 Å². The summed E-state index contributed by atoms with van der Waals surface area (Å²) in [5, 5.41) is 12.6. The predicted molar refractivity (Wildman–Crippen MR) is 84.2 cm³/mol. The summed E-state index contributed by atoms with van der Waals surface area (Å²) in [7, 11) is 1.28. The third-order valence-electron chi connectivity index (χ3n) is 3.44. The second-order valence-electron chi connectivity index (χ2n) is 6.37. The number of nitrogens with one attached hydrogen (secondary N) is 1. The van der Waals surface area contributed by atoms with Gasteiger partial charge >= 0.3 is 5.97 Å². The van der Waals surface area contributed by atoms with Crippen molar-refractivity contribution in [2.24, 2.45) is 5.41 Å². The third kappa shape index (κ3) is 5.48. The van der Waals surface area contributed by atoms with E-state index in [0.717, 1.165) is 5.56 Å². The number of carbonyl (C=O) groups is 2. The van der Waals surface area contributed by atoms with Crippen LogP contribution in [-0.2, 0) is 20.7 Å². The van der Waals surface area contributed by atoms with Crippen LogP contribution in [0.5, 0.6) is 0 Å². The average molecular weight is 307 g/mol. The number of aryl methyl sites for hydroxylation is 1. The number of aliphatic hydroxyl groups is 1. The molecule has 1 amide bonds. The number of carbonyl (C=O) groups excluding carboxylic acids is 2. The van der Waals surface area contributed by atoms with Gasteiger partial charge in [0.2, 0.25) is 5.91 Å². The van der Waals surface area contributed by atoms with Crippen LogP contribution in [0, 0.1) is 5.41 Å². The topological polar surface area (TPSA) is 75.6 Å². The lowest BCUT2D eigenvalue weighted by atomic mass is 9.86. The Balaban J connectivity index is 2.60. The van der Waals surface area contributed by atoms with E-state index in [0.29, 0.717) is 12.8 Å². The molecule has 0 aromatic heterocycles. The summed E-state index contributed by atoms with van der Waals surface area (Å²) in [5.41, 5.74) is 0.553. The zero-order valence-electron chi connectivity index (χ0n) is 13.6. The molecule has 1 rings (SSSR count). The lowest BCUT2D eigenvalue weighted by Gasteiger charge is -2.29. The molecule has 0 bridgehead atoms. The highest BCUT2D eigenvalue weighted by Gasteiger charge is 2.34. The summed E-state index contributed by atoms with van der Waals surface area (Å²) in [6.07, 6.45) is -0.267. The van der Waals surface area contributed by atoms with E-state index >= 15 is 0 Å². The highest BCUT2D eigenvalue weighted by Crippen LogP contribution is 2.20. The summed E-state index contributed by atoms with van der Waals surface area (Å²) < 4.78 is 4.71. The number of hydrogen-bond donors (Lipinski definition) is 2. The van der Waals surface area contributed by atoms with Crippen LogP contribution >= 0.6 is 0 Å². The Kier molecular flexibility index (Phi) is 6.56. The molecule has 2 N–H and O–H groups in total. The van der Waals surface area contributed by atoms with Gasteiger partial charge in [0, 0.05) is 0 Å². The van der Waals surface area contributed by atoms with Crippen molar-refractivity contribution in [2.75, 3.05) is 7.11 Å². The maximum atomic E-state index is 12.1. The Morgan fingerprint density at radius 3 is 2.32 bits per heavy atom. The molecule has 1 aromatic carbocycles. The smallest absolute Gasteiger partial charge is 0.328 e. The van der Waals surface area contributed by atoms with Gasteiger partial charge in [-0.15, -0.1) is 0 Å². The van der Waals surface area contributed by atoms with Crippen molar-refractivity contribution < 1.29 is 19.4 Å². The molecular weight excluding hydrogens is 282 g/mol. The second-order valence-corrected chi connectivity index (χ2v) is 6.37. The van der Waals surface area contributed by atoms with Gasteiger partial charge < -0.3 is 15.2 Å². The second kappa shape index (κ2) is 7.94. The molecule has 0 spiro atoms. The third-order valence-corrected chi connectivity index (χ3v) is 3.44. The van der Waals surface area contributed by atoms with E-state index in [-0.39, 0.29) is 0 Å². The molecule has 0 aliphatic carbocycles. The van der Waals surface area contributed by atoms with Crippen molar-refractivity contribution in [3.63, 3.8) is 0 Å². The van der Waals surface area contributed by atoms with E-state index < -0.39 is 29.4 Å². The Hall–Kier alpha value is -1.88. The molecule has 0 aliphatic rings. The lowest BCUT2D eigenvalue weighted by Crippen LogP contribution is -2.52. The van der Waals surface area contributed by atoms with Crippen molar-refractivity contribution in [2.45, 2.75) is 45.8 Å². The molecule has 1 unspecified atom stereocenters. The number of hydrogen-bond acceptors (Lipinski definition) is 4. The van der Waals surface area contributed by atoms with Crippen LogP contribution in [0.3, 0.4) is 0 Å². The number of methoxy groups -OCH3 is 1. The summed E-state index contributed by atoms with van der Waals surface area (Å²) in [6.45, 7) is 5.47. The number of esters is 1. The number of aliphatic hydroxyl groups excluding tert-OH is 1. The van der Waals surface area contributed by atoms with E-state index in [1.54, 1.807) is 0 Å². The fraction of sp³-hybridized carbons (Fsp3) is 0.529. The number of benzene rings is 1. The maximum Gasteiger partial charge on any atom is 0.328 e. The quantitative estimate of drug-likeness (QED) is 0.784. The highest BCUT2D eigenvalue weighted by molar-refractivity contribution is 5.87.